The summed E-state index contributed by atoms with van der Waals surface area (Å²) in [6.45, 7) is 8.53. The molecule has 5 aromatic heterocycles. The van der Waals surface area contributed by atoms with Crippen molar-refractivity contribution in [3.05, 3.63) is 215 Å². The lowest BCUT2D eigenvalue weighted by atomic mass is 9.98. The molecule has 15 rings (SSSR count). The maximum atomic E-state index is 12.8. The van der Waals surface area contributed by atoms with Gasteiger partial charge in [0.05, 0.1) is 71.6 Å². The maximum absolute atomic E-state index is 12.8. The molecule has 0 aliphatic heterocycles. The van der Waals surface area contributed by atoms with E-state index in [4.69, 9.17) is 0 Å². The van der Waals surface area contributed by atoms with Crippen LogP contribution in [-0.2, 0) is 0 Å². The van der Waals surface area contributed by atoms with Gasteiger partial charge in [-0.3, -0.25) is 0 Å². The van der Waals surface area contributed by atoms with Crippen molar-refractivity contribution in [2.45, 2.75) is 27.7 Å². The molecular formula is C66H42N6S. The summed E-state index contributed by atoms with van der Waals surface area (Å²) in [4.78, 5) is 0. The first-order valence-electron chi connectivity index (χ1n) is 24.7. The predicted octanol–water partition coefficient (Wildman–Crippen LogP) is 17.4. The zero-order valence-corrected chi connectivity index (χ0v) is 41.2. The normalized spacial score (nSPS) is 12.1. The van der Waals surface area contributed by atoms with Gasteiger partial charge in [-0.05, 0) is 100 Å². The minimum atomic E-state index is 0.444. The Morgan fingerprint density at radius 3 is 1.07 bits per heavy atom. The van der Waals surface area contributed by atoms with Crippen LogP contribution in [0.5, 0.6) is 0 Å². The van der Waals surface area contributed by atoms with Crippen molar-refractivity contribution in [1.82, 2.24) is 18.3 Å². The minimum absolute atomic E-state index is 0.444. The summed E-state index contributed by atoms with van der Waals surface area (Å²) in [6, 6.07) is 71.0. The third kappa shape index (κ3) is 5.55. The fourth-order valence-corrected chi connectivity index (χ4v) is 13.6. The molecule has 6 nitrogen and oxygen atoms in total. The first kappa shape index (κ1) is 41.4. The lowest BCUT2D eigenvalue weighted by Crippen LogP contribution is -2.16. The molecule has 0 amide bonds. The zero-order valence-electron chi connectivity index (χ0n) is 40.4. The molecule has 0 atom stereocenters. The summed E-state index contributed by atoms with van der Waals surface area (Å²) in [6.07, 6.45) is 0. The second-order valence-electron chi connectivity index (χ2n) is 19.8. The van der Waals surface area contributed by atoms with Crippen LogP contribution >= 0.6 is 11.3 Å². The molecule has 0 N–H and O–H groups in total. The molecule has 0 spiro atoms. The molecule has 0 bridgehead atoms. The number of benzene rings is 10. The van der Waals surface area contributed by atoms with E-state index in [1.165, 1.54) is 10.1 Å². The summed E-state index contributed by atoms with van der Waals surface area (Å²) < 4.78 is 11.5. The third-order valence-electron chi connectivity index (χ3n) is 15.4. The molecule has 0 radical (unpaired) electrons. The van der Waals surface area contributed by atoms with Crippen LogP contribution in [0.3, 0.4) is 0 Å². The van der Waals surface area contributed by atoms with Gasteiger partial charge in [-0.25, -0.2) is 0 Å². The topological polar surface area (TPSA) is 67.3 Å². The summed E-state index contributed by atoms with van der Waals surface area (Å²) in [7, 11) is 0. The van der Waals surface area contributed by atoms with Crippen LogP contribution in [0, 0.1) is 50.4 Å². The number of nitrogens with zero attached hydrogens (tertiary/aromatic N) is 6. The first-order valence-corrected chi connectivity index (χ1v) is 25.5. The molecule has 15 aromatic rings. The molecule has 0 aliphatic rings. The quantitative estimate of drug-likeness (QED) is 0.176. The molecule has 0 saturated heterocycles. The Hall–Kier alpha value is -9.40. The van der Waals surface area contributed by atoms with Crippen molar-refractivity contribution in [3.8, 4) is 34.9 Å². The van der Waals surface area contributed by atoms with Crippen LogP contribution < -0.4 is 0 Å². The van der Waals surface area contributed by atoms with Gasteiger partial charge in [0.25, 0.3) is 0 Å². The lowest BCUT2D eigenvalue weighted by molar-refractivity contribution is 1.02. The Bertz CT molecular complexity index is 5050. The van der Waals surface area contributed by atoms with Gasteiger partial charge in [0, 0.05) is 58.6 Å². The summed E-state index contributed by atoms with van der Waals surface area (Å²) >= 11 is 1.78. The van der Waals surface area contributed by atoms with Crippen molar-refractivity contribution in [2.75, 3.05) is 0 Å². The van der Waals surface area contributed by atoms with Gasteiger partial charge in [0.2, 0.25) is 0 Å². The zero-order chi connectivity index (χ0) is 49.0. The van der Waals surface area contributed by atoms with Crippen LogP contribution in [0.2, 0.25) is 0 Å². The third-order valence-corrected chi connectivity index (χ3v) is 16.6. The van der Waals surface area contributed by atoms with Gasteiger partial charge in [-0.15, -0.1) is 11.3 Å². The van der Waals surface area contributed by atoms with Crippen LogP contribution in [0.4, 0.5) is 0 Å². The summed E-state index contributed by atoms with van der Waals surface area (Å²) in [5.41, 5.74) is 15.6. The average Bonchev–Trinajstić information content (AvgIpc) is 4.20. The number of hydrogen-bond acceptors (Lipinski definition) is 3. The fraction of sp³-hybridized carbons (Fsp3) is 0.0606. The summed E-state index contributed by atoms with van der Waals surface area (Å²) in [5.74, 6) is 0. The Morgan fingerprint density at radius 2 is 0.644 bits per heavy atom. The molecule has 342 valence electrons. The van der Waals surface area contributed by atoms with Gasteiger partial charge in [-0.2, -0.15) is 10.5 Å². The van der Waals surface area contributed by atoms with Gasteiger partial charge in [-0.1, -0.05) is 131 Å². The van der Waals surface area contributed by atoms with Crippen LogP contribution in [-0.4, -0.2) is 18.3 Å². The van der Waals surface area contributed by atoms with Gasteiger partial charge < -0.3 is 18.3 Å². The lowest BCUT2D eigenvalue weighted by Gasteiger charge is -2.27. The minimum Gasteiger partial charge on any atom is -0.306 e. The maximum Gasteiger partial charge on any atom is 0.104 e. The van der Waals surface area contributed by atoms with Crippen molar-refractivity contribution >= 4 is 119 Å². The van der Waals surface area contributed by atoms with E-state index in [0.29, 0.717) is 33.9 Å². The number of hydrogen-bond donors (Lipinski definition) is 0. The Morgan fingerprint density at radius 1 is 0.315 bits per heavy atom. The van der Waals surface area contributed by atoms with Crippen molar-refractivity contribution in [3.63, 3.8) is 0 Å². The molecule has 0 unspecified atom stereocenters. The molecular weight excluding hydrogens is 909 g/mol. The molecule has 73 heavy (non-hydrogen) atoms. The Balaban J connectivity index is 1.29. The second-order valence-corrected chi connectivity index (χ2v) is 20.8. The molecule has 5 heterocycles. The largest absolute Gasteiger partial charge is 0.306 e. The smallest absolute Gasteiger partial charge is 0.104 e. The summed E-state index contributed by atoms with van der Waals surface area (Å²) in [5, 5.41) is 36.4. The van der Waals surface area contributed by atoms with Crippen molar-refractivity contribution in [2.24, 2.45) is 0 Å². The number of fused-ring (bicyclic) bond motifs is 16. The van der Waals surface area contributed by atoms with Crippen LogP contribution in [0.1, 0.15) is 33.4 Å². The molecule has 0 fully saturated rings. The van der Waals surface area contributed by atoms with Gasteiger partial charge >= 0.3 is 0 Å². The van der Waals surface area contributed by atoms with E-state index in [-0.39, 0.29) is 0 Å². The van der Waals surface area contributed by atoms with Gasteiger partial charge in [0.1, 0.15) is 23.3 Å². The highest BCUT2D eigenvalue weighted by Crippen LogP contribution is 2.51. The van der Waals surface area contributed by atoms with Crippen LogP contribution in [0.15, 0.2) is 182 Å². The predicted molar refractivity (Wildman–Crippen MR) is 305 cm³/mol. The van der Waals surface area contributed by atoms with E-state index in [0.717, 1.165) is 120 Å². The molecule has 0 aliphatic carbocycles. The number of rotatable bonds is 4. The highest BCUT2D eigenvalue weighted by molar-refractivity contribution is 7.26. The van der Waals surface area contributed by atoms with E-state index in [1.807, 2.05) is 0 Å². The van der Waals surface area contributed by atoms with E-state index in [2.05, 4.69) is 240 Å². The average molecular weight is 951 g/mol. The SMILES string of the molecule is Cc1ccc2c(c1)c1ccccc1n2-c1c(C#N)c(-n2c3ccccc3c3cc(C)ccc32)c(-n2c3ccc(C)cc3c3ccc4c5ccccc5sc4c32)c(C#N)c1-n1c2ccccc2c2cc(C)ccc21. The van der Waals surface area contributed by atoms with Crippen molar-refractivity contribution < 1.29 is 0 Å². The fourth-order valence-electron chi connectivity index (χ4n) is 12.4. The number of para-hydroxylation sites is 3. The number of nitriles is 2. The van der Waals surface area contributed by atoms with Crippen LogP contribution in [0.25, 0.3) is 130 Å². The standard InChI is InChI=1S/C66H42N6S/c1-37-21-27-56-47(31-37)41-13-5-9-17-53(41)69(56)61-51(35-67)63(71-55-19-11-7-15-43(55)49-33-39(3)23-29-58(49)71)64(52(36-68)62(61)70-54-18-10-6-14-42(54)48-32-38(2)22-28-57(48)70)72-59-30-24-40(4)34-50(59)45-25-26-46-44-16-8-12-20-60(44)73-66(46)65(45)72/h5-34H,1-4H3. The van der Waals surface area contributed by atoms with E-state index in [9.17, 15) is 10.5 Å². The molecule has 0 saturated carbocycles. The Labute approximate surface area is 423 Å². The van der Waals surface area contributed by atoms with E-state index >= 15 is 0 Å². The van der Waals surface area contributed by atoms with E-state index < -0.39 is 0 Å². The van der Waals surface area contributed by atoms with Gasteiger partial charge in [0.15, 0.2) is 0 Å². The van der Waals surface area contributed by atoms with E-state index in [1.54, 1.807) is 11.3 Å². The molecule has 7 heteroatoms. The number of aromatic nitrogens is 4. The first-order chi connectivity index (χ1) is 35.8. The second kappa shape index (κ2) is 15.1. The highest BCUT2D eigenvalue weighted by atomic mass is 32.1. The number of thiophene rings is 1. The van der Waals surface area contributed by atoms with Crippen molar-refractivity contribution in [1.29, 1.82) is 10.5 Å². The number of aryl methyl sites for hydroxylation is 4. The Kier molecular flexibility index (Phi) is 8.54. The molecule has 10 aromatic carbocycles. The monoisotopic (exact) mass is 950 g/mol. The highest BCUT2D eigenvalue weighted by Gasteiger charge is 2.35.